The van der Waals surface area contributed by atoms with Crippen molar-refractivity contribution in [3.63, 3.8) is 0 Å². The number of nitrogens with zero attached hydrogens (tertiary/aromatic N) is 3. The molecule has 2 heterocycles. The number of nitriles is 1. The number of fused-ring (bicyclic) bond motifs is 1. The number of hydrogen-bond donors (Lipinski definition) is 1. The summed E-state index contributed by atoms with van der Waals surface area (Å²) in [5.41, 5.74) is 4.19. The van der Waals surface area contributed by atoms with Gasteiger partial charge in [0, 0.05) is 29.2 Å². The predicted molar refractivity (Wildman–Crippen MR) is 99.7 cm³/mol. The molecule has 26 heavy (non-hydrogen) atoms. The molecule has 124 valence electrons. The molecule has 0 unspecified atom stereocenters. The second kappa shape index (κ2) is 6.54. The molecule has 0 bridgehead atoms. The first-order chi connectivity index (χ1) is 12.7. The number of aromatic nitrogens is 2. The topological polar surface area (TPSA) is 70.2 Å². The maximum atomic E-state index is 12.4. The highest BCUT2D eigenvalue weighted by Crippen LogP contribution is 2.23. The number of imidazole rings is 1. The first-order valence-electron chi connectivity index (χ1n) is 8.09. The summed E-state index contributed by atoms with van der Waals surface area (Å²) < 4.78 is 1.95. The monoisotopic (exact) mass is 338 g/mol. The van der Waals surface area contributed by atoms with E-state index in [2.05, 4.69) is 10.3 Å². The lowest BCUT2D eigenvalue weighted by molar-refractivity contribution is 0.102. The molecule has 0 fully saturated rings. The molecule has 0 aliphatic heterocycles. The van der Waals surface area contributed by atoms with E-state index in [9.17, 15) is 4.79 Å². The minimum atomic E-state index is -0.255. The molecule has 0 aliphatic carbocycles. The van der Waals surface area contributed by atoms with Gasteiger partial charge >= 0.3 is 0 Å². The van der Waals surface area contributed by atoms with E-state index in [1.807, 2.05) is 65.3 Å². The van der Waals surface area contributed by atoms with E-state index in [4.69, 9.17) is 5.26 Å². The van der Waals surface area contributed by atoms with Crippen molar-refractivity contribution in [3.8, 4) is 17.3 Å². The molecular weight excluding hydrogens is 324 g/mol. The molecule has 2 aromatic carbocycles. The van der Waals surface area contributed by atoms with E-state index in [0.29, 0.717) is 16.8 Å². The van der Waals surface area contributed by atoms with Gasteiger partial charge in [0.15, 0.2) is 0 Å². The lowest BCUT2D eigenvalue weighted by Crippen LogP contribution is -2.11. The molecule has 1 amide bonds. The van der Waals surface area contributed by atoms with Crippen LogP contribution in [0, 0.1) is 11.3 Å². The Bertz CT molecular complexity index is 1120. The summed E-state index contributed by atoms with van der Waals surface area (Å²) in [6.07, 6.45) is 3.90. The highest BCUT2D eigenvalue weighted by atomic mass is 16.1. The standard InChI is InChI=1S/C21H14N4O/c22-13-15-5-3-7-17(11-15)21(26)23-18-8-4-6-16(12-18)19-14-25-10-2-1-9-20(25)24-19/h1-12,14H,(H,23,26). The maximum absolute atomic E-state index is 12.4. The number of benzene rings is 2. The maximum Gasteiger partial charge on any atom is 0.255 e. The average molecular weight is 338 g/mol. The molecule has 4 rings (SSSR count). The Morgan fingerprint density at radius 3 is 2.77 bits per heavy atom. The fraction of sp³-hybridized carbons (Fsp3) is 0. The summed E-state index contributed by atoms with van der Waals surface area (Å²) in [6, 6.07) is 22.0. The van der Waals surface area contributed by atoms with Crippen molar-refractivity contribution in [2.45, 2.75) is 0 Å². The smallest absolute Gasteiger partial charge is 0.255 e. The summed E-state index contributed by atoms with van der Waals surface area (Å²) in [4.78, 5) is 17.0. The van der Waals surface area contributed by atoms with Crippen molar-refractivity contribution in [2.75, 3.05) is 5.32 Å². The zero-order valence-electron chi connectivity index (χ0n) is 13.8. The summed E-state index contributed by atoms with van der Waals surface area (Å²) in [7, 11) is 0. The minimum absolute atomic E-state index is 0.255. The molecule has 0 radical (unpaired) electrons. The molecule has 0 spiro atoms. The quantitative estimate of drug-likeness (QED) is 0.611. The second-order valence-electron chi connectivity index (χ2n) is 5.82. The first-order valence-corrected chi connectivity index (χ1v) is 8.09. The number of carbonyl (C=O) groups is 1. The molecule has 1 N–H and O–H groups in total. The van der Waals surface area contributed by atoms with E-state index in [1.54, 1.807) is 24.3 Å². The van der Waals surface area contributed by atoms with Crippen LogP contribution < -0.4 is 5.32 Å². The van der Waals surface area contributed by atoms with Crippen LogP contribution in [0.3, 0.4) is 0 Å². The molecule has 0 atom stereocenters. The Hall–Kier alpha value is -3.91. The van der Waals surface area contributed by atoms with Gasteiger partial charge in [-0.25, -0.2) is 4.98 Å². The van der Waals surface area contributed by atoms with E-state index < -0.39 is 0 Å². The van der Waals surface area contributed by atoms with Gasteiger partial charge in [-0.3, -0.25) is 4.79 Å². The van der Waals surface area contributed by atoms with Crippen LogP contribution >= 0.6 is 0 Å². The van der Waals surface area contributed by atoms with Crippen LogP contribution in [-0.4, -0.2) is 15.3 Å². The summed E-state index contributed by atoms with van der Waals surface area (Å²) in [5.74, 6) is -0.255. The lowest BCUT2D eigenvalue weighted by atomic mass is 10.1. The number of rotatable bonds is 3. The number of hydrogen-bond acceptors (Lipinski definition) is 3. The number of nitrogens with one attached hydrogen (secondary N) is 1. The molecule has 4 aromatic rings. The Labute approximate surface area is 150 Å². The van der Waals surface area contributed by atoms with Gasteiger partial charge in [0.05, 0.1) is 17.3 Å². The molecule has 0 saturated carbocycles. The zero-order valence-corrected chi connectivity index (χ0v) is 13.8. The van der Waals surface area contributed by atoms with Crippen LogP contribution in [0.25, 0.3) is 16.9 Å². The SMILES string of the molecule is N#Cc1cccc(C(=O)Nc2cccc(-c3cn4ccccc4n3)c2)c1. The molecule has 2 aromatic heterocycles. The van der Waals surface area contributed by atoms with Gasteiger partial charge < -0.3 is 9.72 Å². The van der Waals surface area contributed by atoms with E-state index in [-0.39, 0.29) is 5.91 Å². The molecule has 0 saturated heterocycles. The van der Waals surface area contributed by atoms with Crippen molar-refractivity contribution < 1.29 is 4.79 Å². The Balaban J connectivity index is 1.61. The first kappa shape index (κ1) is 15.6. The fourth-order valence-electron chi connectivity index (χ4n) is 2.76. The van der Waals surface area contributed by atoms with Crippen LogP contribution in [0.4, 0.5) is 5.69 Å². The van der Waals surface area contributed by atoms with E-state index >= 15 is 0 Å². The van der Waals surface area contributed by atoms with E-state index in [0.717, 1.165) is 16.9 Å². The molecular formula is C21H14N4O. The van der Waals surface area contributed by atoms with Crippen molar-refractivity contribution in [2.24, 2.45) is 0 Å². The summed E-state index contributed by atoms with van der Waals surface area (Å²) in [5, 5.41) is 11.8. The normalized spacial score (nSPS) is 10.4. The van der Waals surface area contributed by atoms with Gasteiger partial charge in [0.1, 0.15) is 5.65 Å². The number of carbonyl (C=O) groups excluding carboxylic acids is 1. The Kier molecular flexibility index (Phi) is 3.92. The number of pyridine rings is 1. The zero-order chi connectivity index (χ0) is 17.9. The second-order valence-corrected chi connectivity index (χ2v) is 5.82. The molecule has 0 aliphatic rings. The third kappa shape index (κ3) is 3.04. The van der Waals surface area contributed by atoms with Crippen LogP contribution in [0.2, 0.25) is 0 Å². The van der Waals surface area contributed by atoms with Gasteiger partial charge in [-0.05, 0) is 42.5 Å². The van der Waals surface area contributed by atoms with Crippen molar-refractivity contribution in [1.82, 2.24) is 9.38 Å². The van der Waals surface area contributed by atoms with Crippen molar-refractivity contribution >= 4 is 17.2 Å². The fourth-order valence-corrected chi connectivity index (χ4v) is 2.76. The van der Waals surface area contributed by atoms with Crippen molar-refractivity contribution in [1.29, 1.82) is 5.26 Å². The Morgan fingerprint density at radius 1 is 1.04 bits per heavy atom. The number of anilines is 1. The van der Waals surface area contributed by atoms with Gasteiger partial charge in [0.25, 0.3) is 5.91 Å². The van der Waals surface area contributed by atoms with Crippen LogP contribution in [0.5, 0.6) is 0 Å². The molecule has 5 nitrogen and oxygen atoms in total. The van der Waals surface area contributed by atoms with Crippen LogP contribution in [0.1, 0.15) is 15.9 Å². The lowest BCUT2D eigenvalue weighted by Gasteiger charge is -2.07. The highest BCUT2D eigenvalue weighted by Gasteiger charge is 2.09. The average Bonchev–Trinajstić information content (AvgIpc) is 3.12. The van der Waals surface area contributed by atoms with E-state index in [1.165, 1.54) is 0 Å². The third-order valence-electron chi connectivity index (χ3n) is 4.03. The van der Waals surface area contributed by atoms with Crippen LogP contribution in [0.15, 0.2) is 79.1 Å². The van der Waals surface area contributed by atoms with Crippen LogP contribution in [-0.2, 0) is 0 Å². The predicted octanol–water partition coefficient (Wildman–Crippen LogP) is 4.13. The minimum Gasteiger partial charge on any atom is -0.322 e. The van der Waals surface area contributed by atoms with Gasteiger partial charge in [-0.1, -0.05) is 24.3 Å². The summed E-state index contributed by atoms with van der Waals surface area (Å²) >= 11 is 0. The largest absolute Gasteiger partial charge is 0.322 e. The van der Waals surface area contributed by atoms with Crippen molar-refractivity contribution in [3.05, 3.63) is 90.3 Å². The molecule has 5 heteroatoms. The highest BCUT2D eigenvalue weighted by molar-refractivity contribution is 6.04. The Morgan fingerprint density at radius 2 is 1.92 bits per heavy atom. The third-order valence-corrected chi connectivity index (χ3v) is 4.03. The summed E-state index contributed by atoms with van der Waals surface area (Å²) in [6.45, 7) is 0. The number of amides is 1. The van der Waals surface area contributed by atoms with Gasteiger partial charge in [-0.15, -0.1) is 0 Å². The van der Waals surface area contributed by atoms with Gasteiger partial charge in [0.2, 0.25) is 0 Å². The van der Waals surface area contributed by atoms with Gasteiger partial charge in [-0.2, -0.15) is 5.26 Å².